The third kappa shape index (κ3) is 4.72. The second-order valence-electron chi connectivity index (χ2n) is 8.97. The van der Waals surface area contributed by atoms with E-state index in [1.165, 1.54) is 20.0 Å². The molecule has 35 heavy (non-hydrogen) atoms. The van der Waals surface area contributed by atoms with Gasteiger partial charge < -0.3 is 15.0 Å². The molecule has 3 heterocycles. The van der Waals surface area contributed by atoms with Crippen molar-refractivity contribution in [2.75, 3.05) is 30.4 Å². The van der Waals surface area contributed by atoms with Crippen molar-refractivity contribution in [2.24, 2.45) is 5.41 Å². The molecule has 0 unspecified atom stereocenters. The first kappa shape index (κ1) is 24.3. The molecule has 1 aliphatic heterocycles. The Morgan fingerprint density at radius 2 is 1.89 bits per heavy atom. The van der Waals surface area contributed by atoms with E-state index in [4.69, 9.17) is 4.74 Å². The molecule has 3 aromatic rings. The Morgan fingerprint density at radius 1 is 1.17 bits per heavy atom. The molecule has 184 valence electrons. The van der Waals surface area contributed by atoms with E-state index in [0.29, 0.717) is 17.2 Å². The van der Waals surface area contributed by atoms with Gasteiger partial charge in [0.25, 0.3) is 5.91 Å². The maximum absolute atomic E-state index is 13.5. The zero-order valence-electron chi connectivity index (χ0n) is 18.7. The highest BCUT2D eigenvalue weighted by Gasteiger charge is 2.44. The fourth-order valence-electron chi connectivity index (χ4n) is 4.54. The van der Waals surface area contributed by atoms with Gasteiger partial charge in [0.05, 0.1) is 29.6 Å². The monoisotopic (exact) mass is 615 g/mol. The number of ether oxygens (including phenoxy) is 1. The van der Waals surface area contributed by atoms with Crippen molar-refractivity contribution in [3.05, 3.63) is 50.0 Å². The van der Waals surface area contributed by atoms with E-state index in [1.807, 2.05) is 12.1 Å². The molecule has 0 atom stereocenters. The number of alkyl halides is 3. The number of pyridine rings is 1. The molecule has 1 amide bonds. The molecular weight excluding hydrogens is 594 g/mol. The van der Waals surface area contributed by atoms with Crippen molar-refractivity contribution in [3.8, 4) is 0 Å². The van der Waals surface area contributed by atoms with E-state index in [0.717, 1.165) is 52.6 Å². The van der Waals surface area contributed by atoms with Crippen molar-refractivity contribution in [2.45, 2.75) is 31.9 Å². The van der Waals surface area contributed by atoms with Gasteiger partial charge in [-0.05, 0) is 78.0 Å². The van der Waals surface area contributed by atoms with Crippen LogP contribution in [0.4, 0.5) is 24.5 Å². The molecular formula is C24H21F3IN3O3S. The van der Waals surface area contributed by atoms with Gasteiger partial charge in [-0.1, -0.05) is 0 Å². The van der Waals surface area contributed by atoms with Gasteiger partial charge in [-0.15, -0.1) is 11.3 Å². The molecule has 1 spiro atoms. The Hall–Kier alpha value is -2.41. The molecule has 1 N–H and O–H groups in total. The van der Waals surface area contributed by atoms with Gasteiger partial charge in [-0.2, -0.15) is 13.2 Å². The molecule has 2 fully saturated rings. The van der Waals surface area contributed by atoms with Gasteiger partial charge in [-0.3, -0.25) is 4.79 Å². The zero-order valence-corrected chi connectivity index (χ0v) is 21.6. The van der Waals surface area contributed by atoms with Crippen LogP contribution in [0.1, 0.15) is 51.3 Å². The minimum atomic E-state index is -4.62. The molecule has 0 bridgehead atoms. The fourth-order valence-corrected chi connectivity index (χ4v) is 6.01. The average molecular weight is 615 g/mol. The summed E-state index contributed by atoms with van der Waals surface area (Å²) in [6, 6.07) is 6.35. The highest BCUT2D eigenvalue weighted by molar-refractivity contribution is 14.1. The molecule has 1 aliphatic carbocycles. The summed E-state index contributed by atoms with van der Waals surface area (Å²) < 4.78 is 45.8. The summed E-state index contributed by atoms with van der Waals surface area (Å²) in [6.45, 7) is 1.68. The first-order valence-corrected chi connectivity index (χ1v) is 12.9. The number of amides is 1. The number of anilines is 2. The van der Waals surface area contributed by atoms with Crippen LogP contribution >= 0.6 is 33.9 Å². The molecule has 1 saturated carbocycles. The molecule has 0 radical (unpaired) electrons. The number of esters is 1. The second-order valence-corrected chi connectivity index (χ2v) is 11.2. The normalized spacial score (nSPS) is 17.0. The van der Waals surface area contributed by atoms with Crippen LogP contribution in [-0.2, 0) is 10.9 Å². The SMILES string of the molecule is COC(=O)c1sc2ncc(C(F)(F)F)cc2c1NC(=O)c1ccc(I)cc1N1CCC2(CC1)CC2. The summed E-state index contributed by atoms with van der Waals surface area (Å²) in [7, 11) is 1.17. The van der Waals surface area contributed by atoms with Crippen LogP contribution in [0, 0.1) is 8.99 Å². The van der Waals surface area contributed by atoms with Crippen LogP contribution in [0.25, 0.3) is 10.2 Å². The number of halogens is 4. The van der Waals surface area contributed by atoms with Crippen LogP contribution in [0.5, 0.6) is 0 Å². The van der Waals surface area contributed by atoms with Crippen LogP contribution in [-0.4, -0.2) is 37.1 Å². The molecule has 1 saturated heterocycles. The lowest BCUT2D eigenvalue weighted by Crippen LogP contribution is -2.35. The maximum Gasteiger partial charge on any atom is 0.417 e. The molecule has 6 nitrogen and oxygen atoms in total. The Balaban J connectivity index is 1.52. The zero-order chi connectivity index (χ0) is 25.0. The largest absolute Gasteiger partial charge is 0.465 e. The number of carbonyl (C=O) groups is 2. The minimum absolute atomic E-state index is 0.0108. The van der Waals surface area contributed by atoms with Gasteiger partial charge in [0, 0.05) is 28.2 Å². The number of nitrogens with one attached hydrogen (secondary N) is 1. The van der Waals surface area contributed by atoms with E-state index < -0.39 is 23.6 Å². The van der Waals surface area contributed by atoms with Crippen molar-refractivity contribution in [1.29, 1.82) is 0 Å². The highest BCUT2D eigenvalue weighted by atomic mass is 127. The number of nitrogens with zero attached hydrogens (tertiary/aromatic N) is 2. The lowest BCUT2D eigenvalue weighted by Gasteiger charge is -2.35. The van der Waals surface area contributed by atoms with Gasteiger partial charge in [0.1, 0.15) is 9.71 Å². The van der Waals surface area contributed by atoms with Crippen molar-refractivity contribution in [3.63, 3.8) is 0 Å². The Bertz CT molecular complexity index is 1330. The van der Waals surface area contributed by atoms with E-state index in [2.05, 4.69) is 37.8 Å². The number of aromatic nitrogens is 1. The predicted molar refractivity (Wildman–Crippen MR) is 136 cm³/mol. The molecule has 11 heteroatoms. The molecule has 2 aliphatic rings. The van der Waals surface area contributed by atoms with E-state index in [9.17, 15) is 22.8 Å². The van der Waals surface area contributed by atoms with E-state index >= 15 is 0 Å². The molecule has 2 aromatic heterocycles. The smallest absolute Gasteiger partial charge is 0.417 e. The highest BCUT2D eigenvalue weighted by Crippen LogP contribution is 2.54. The number of rotatable bonds is 4. The summed E-state index contributed by atoms with van der Waals surface area (Å²) in [5.74, 6) is -1.27. The summed E-state index contributed by atoms with van der Waals surface area (Å²) in [5.41, 5.74) is 0.646. The third-order valence-corrected chi connectivity index (χ3v) is 8.57. The lowest BCUT2D eigenvalue weighted by molar-refractivity contribution is -0.137. The van der Waals surface area contributed by atoms with Crippen molar-refractivity contribution >= 4 is 67.4 Å². The van der Waals surface area contributed by atoms with E-state index in [1.54, 1.807) is 6.07 Å². The summed E-state index contributed by atoms with van der Waals surface area (Å²) in [4.78, 5) is 32.1. The van der Waals surface area contributed by atoms with E-state index in [-0.39, 0.29) is 20.8 Å². The van der Waals surface area contributed by atoms with Gasteiger partial charge in [-0.25, -0.2) is 9.78 Å². The van der Waals surface area contributed by atoms with Crippen LogP contribution < -0.4 is 10.2 Å². The Morgan fingerprint density at radius 3 is 2.51 bits per heavy atom. The lowest BCUT2D eigenvalue weighted by atomic mass is 9.93. The molecule has 1 aromatic carbocycles. The summed E-state index contributed by atoms with van der Waals surface area (Å²) >= 11 is 3.07. The second kappa shape index (κ2) is 8.91. The number of thiophene rings is 1. The van der Waals surface area contributed by atoms with Gasteiger partial charge in [0.2, 0.25) is 0 Å². The summed E-state index contributed by atoms with van der Waals surface area (Å²) in [5, 5.41) is 2.75. The Labute approximate surface area is 217 Å². The third-order valence-electron chi connectivity index (χ3n) is 6.81. The first-order valence-electron chi connectivity index (χ1n) is 11.0. The number of hydrogen-bond donors (Lipinski definition) is 1. The number of benzene rings is 1. The number of fused-ring (bicyclic) bond motifs is 1. The fraction of sp³-hybridized carbons (Fsp3) is 0.375. The minimum Gasteiger partial charge on any atom is -0.465 e. The molecule has 5 rings (SSSR count). The van der Waals surface area contributed by atoms with Crippen molar-refractivity contribution in [1.82, 2.24) is 4.98 Å². The van der Waals surface area contributed by atoms with Crippen LogP contribution in [0.3, 0.4) is 0 Å². The van der Waals surface area contributed by atoms with Gasteiger partial charge in [0.15, 0.2) is 0 Å². The maximum atomic E-state index is 13.5. The standard InChI is InChI=1S/C24H21F3IN3O3S/c1-34-22(33)19-18(16-10-13(24(25,26)27)12-29-21(16)35-19)30-20(32)15-3-2-14(28)11-17(15)31-8-6-23(4-5-23)7-9-31/h2-3,10-12H,4-9H2,1H3,(H,30,32). The number of carbonyl (C=O) groups excluding carboxylic acids is 2. The predicted octanol–water partition coefficient (Wildman–Crippen LogP) is 6.34. The van der Waals surface area contributed by atoms with Gasteiger partial charge >= 0.3 is 12.1 Å². The number of methoxy groups -OCH3 is 1. The first-order chi connectivity index (χ1) is 16.6. The average Bonchev–Trinajstić information content (AvgIpc) is 3.49. The van der Waals surface area contributed by atoms with Crippen LogP contribution in [0.15, 0.2) is 30.5 Å². The quantitative estimate of drug-likeness (QED) is 0.274. The number of hydrogen-bond acceptors (Lipinski definition) is 6. The topological polar surface area (TPSA) is 71.5 Å². The van der Waals surface area contributed by atoms with Crippen molar-refractivity contribution < 1.29 is 27.5 Å². The number of piperidine rings is 1. The van der Waals surface area contributed by atoms with Crippen LogP contribution in [0.2, 0.25) is 0 Å². The summed E-state index contributed by atoms with van der Waals surface area (Å²) in [6.07, 6.45) is 0.768. The Kier molecular flexibility index (Phi) is 6.19.